The highest BCUT2D eigenvalue weighted by molar-refractivity contribution is 7.84. The van der Waals surface area contributed by atoms with Crippen molar-refractivity contribution in [3.63, 3.8) is 0 Å². The van der Waals surface area contributed by atoms with Crippen LogP contribution in [0.1, 0.15) is 29.3 Å². The quantitative estimate of drug-likeness (QED) is 0.553. The molecule has 3 aromatic rings. The van der Waals surface area contributed by atoms with Crippen LogP contribution in [0.3, 0.4) is 0 Å². The summed E-state index contributed by atoms with van der Waals surface area (Å²) in [6.45, 7) is 4.73. The van der Waals surface area contributed by atoms with E-state index in [0.717, 1.165) is 17.7 Å². The number of pyridine rings is 1. The number of aromatic nitrogens is 4. The molecule has 10 heteroatoms. The maximum Gasteiger partial charge on any atom is 0.253 e. The summed E-state index contributed by atoms with van der Waals surface area (Å²) in [5.74, 6) is 1.05. The Hall–Kier alpha value is -3.19. The maximum atomic E-state index is 12.6. The number of anilines is 2. The molecule has 0 amide bonds. The minimum absolute atomic E-state index is 0.104. The van der Waals surface area contributed by atoms with Crippen molar-refractivity contribution in [3.8, 4) is 6.07 Å². The molecule has 0 aliphatic carbocycles. The average Bonchev–Trinajstić information content (AvgIpc) is 3.04. The smallest absolute Gasteiger partial charge is 0.253 e. The van der Waals surface area contributed by atoms with Gasteiger partial charge in [-0.25, -0.2) is 4.98 Å². The van der Waals surface area contributed by atoms with Gasteiger partial charge in [-0.2, -0.15) is 14.9 Å². The Kier molecular flexibility index (Phi) is 6.52. The van der Waals surface area contributed by atoms with E-state index in [1.54, 1.807) is 29.2 Å². The molecule has 0 saturated heterocycles. The molecule has 0 fully saturated rings. The summed E-state index contributed by atoms with van der Waals surface area (Å²) >= 11 is 0. The fraction of sp³-hybridized carbons (Fsp3) is 0.400. The van der Waals surface area contributed by atoms with Crippen molar-refractivity contribution in [2.24, 2.45) is 0 Å². The number of nitrogen functional groups attached to an aromatic ring is 1. The first-order valence-corrected chi connectivity index (χ1v) is 11.4. The Morgan fingerprint density at radius 1 is 1.40 bits per heavy atom. The number of nitrogens with one attached hydrogen (secondary N) is 1. The SMILES string of the molecule is CCc1c(C)nn2c(N)c(C#N)c(NCCc3cccn(CCS(C)=O)c3=O)nc12. The topological polar surface area (TPSA) is 131 Å². The van der Waals surface area contributed by atoms with Gasteiger partial charge >= 0.3 is 0 Å². The van der Waals surface area contributed by atoms with E-state index in [1.165, 1.54) is 4.52 Å². The van der Waals surface area contributed by atoms with Gasteiger partial charge in [-0.3, -0.25) is 9.00 Å². The molecule has 158 valence electrons. The standard InChI is InChI=1S/C20H25N7O2S/c1-4-15-13(2)25-27-17(22)16(12-21)18(24-19(15)27)23-8-7-14-6-5-9-26(20(14)28)10-11-30(3)29/h5-6,9H,4,7-8,10-11,22H2,1-3H3,(H,23,24). The van der Waals surface area contributed by atoms with Crippen LogP contribution >= 0.6 is 0 Å². The van der Waals surface area contributed by atoms with Crippen LogP contribution < -0.4 is 16.6 Å². The Balaban J connectivity index is 1.83. The molecule has 0 aromatic carbocycles. The van der Waals surface area contributed by atoms with Gasteiger partial charge in [0.25, 0.3) is 5.56 Å². The van der Waals surface area contributed by atoms with Crippen LogP contribution in [0.25, 0.3) is 5.65 Å². The van der Waals surface area contributed by atoms with Crippen LogP contribution in [0, 0.1) is 18.3 Å². The summed E-state index contributed by atoms with van der Waals surface area (Å²) in [6.07, 6.45) is 4.52. The highest BCUT2D eigenvalue weighted by Gasteiger charge is 2.18. The Morgan fingerprint density at radius 3 is 2.83 bits per heavy atom. The van der Waals surface area contributed by atoms with Crippen molar-refractivity contribution in [2.75, 3.05) is 29.6 Å². The summed E-state index contributed by atoms with van der Waals surface area (Å²) in [5.41, 5.74) is 9.36. The third kappa shape index (κ3) is 4.21. The maximum absolute atomic E-state index is 12.6. The molecule has 3 N–H and O–H groups in total. The molecule has 3 aromatic heterocycles. The summed E-state index contributed by atoms with van der Waals surface area (Å²) in [6, 6.07) is 5.67. The molecule has 9 nitrogen and oxygen atoms in total. The Bertz CT molecular complexity index is 1210. The van der Waals surface area contributed by atoms with Crippen molar-refractivity contribution in [3.05, 3.63) is 51.1 Å². The second kappa shape index (κ2) is 9.09. The number of hydrogen-bond acceptors (Lipinski definition) is 7. The largest absolute Gasteiger partial charge is 0.382 e. The summed E-state index contributed by atoms with van der Waals surface area (Å²) in [5, 5.41) is 17.1. The first-order valence-electron chi connectivity index (χ1n) is 9.67. The first-order chi connectivity index (χ1) is 14.4. The van der Waals surface area contributed by atoms with E-state index in [1.807, 2.05) is 13.8 Å². The van der Waals surface area contributed by atoms with Gasteiger partial charge in [-0.1, -0.05) is 13.0 Å². The van der Waals surface area contributed by atoms with Crippen molar-refractivity contribution in [2.45, 2.75) is 33.2 Å². The molecule has 0 aliphatic rings. The number of nitrogens with two attached hydrogens (primary N) is 1. The zero-order valence-corrected chi connectivity index (χ0v) is 18.1. The lowest BCUT2D eigenvalue weighted by atomic mass is 10.2. The number of fused-ring (bicyclic) bond motifs is 1. The number of hydrogen-bond donors (Lipinski definition) is 2. The number of aryl methyl sites for hydroxylation is 3. The first kappa shape index (κ1) is 21.5. The van der Waals surface area contributed by atoms with Gasteiger partial charge in [0.1, 0.15) is 23.3 Å². The third-order valence-electron chi connectivity index (χ3n) is 4.97. The minimum atomic E-state index is -0.960. The Labute approximate surface area is 177 Å². The fourth-order valence-electron chi connectivity index (χ4n) is 3.37. The van der Waals surface area contributed by atoms with Gasteiger partial charge in [0.05, 0.1) is 5.69 Å². The van der Waals surface area contributed by atoms with E-state index >= 15 is 0 Å². The van der Waals surface area contributed by atoms with Gasteiger partial charge in [-0.05, 0) is 25.8 Å². The molecule has 3 rings (SSSR count). The lowest BCUT2D eigenvalue weighted by Crippen LogP contribution is -2.26. The zero-order chi connectivity index (χ0) is 21.8. The normalized spacial score (nSPS) is 12.1. The van der Waals surface area contributed by atoms with Gasteiger partial charge in [0.15, 0.2) is 5.65 Å². The van der Waals surface area contributed by atoms with Crippen LogP contribution in [0.2, 0.25) is 0 Å². The van der Waals surface area contributed by atoms with Crippen LogP contribution in [-0.2, 0) is 30.2 Å². The second-order valence-corrected chi connectivity index (χ2v) is 8.53. The molecule has 0 spiro atoms. The predicted molar refractivity (Wildman–Crippen MR) is 118 cm³/mol. The molecule has 30 heavy (non-hydrogen) atoms. The summed E-state index contributed by atoms with van der Waals surface area (Å²) < 4.78 is 14.4. The molecule has 0 radical (unpaired) electrons. The van der Waals surface area contributed by atoms with E-state index in [4.69, 9.17) is 5.73 Å². The number of nitrogens with zero attached hydrogens (tertiary/aromatic N) is 5. The lowest BCUT2D eigenvalue weighted by Gasteiger charge is -2.11. The lowest BCUT2D eigenvalue weighted by molar-refractivity contribution is 0.670. The van der Waals surface area contributed by atoms with Crippen LogP contribution in [0.4, 0.5) is 11.6 Å². The molecule has 3 heterocycles. The molecule has 1 unspecified atom stereocenters. The highest BCUT2D eigenvalue weighted by atomic mass is 32.2. The van der Waals surface area contributed by atoms with Gasteiger partial charge in [-0.15, -0.1) is 0 Å². The molecular weight excluding hydrogens is 402 g/mol. The summed E-state index contributed by atoms with van der Waals surface area (Å²) in [4.78, 5) is 17.2. The van der Waals surface area contributed by atoms with Gasteiger partial charge in [0.2, 0.25) is 0 Å². The second-order valence-electron chi connectivity index (χ2n) is 6.97. The van der Waals surface area contributed by atoms with E-state index in [0.29, 0.717) is 42.3 Å². The van der Waals surface area contributed by atoms with E-state index < -0.39 is 10.8 Å². The zero-order valence-electron chi connectivity index (χ0n) is 17.3. The molecule has 1 atom stereocenters. The van der Waals surface area contributed by atoms with E-state index in [9.17, 15) is 14.3 Å². The predicted octanol–water partition coefficient (Wildman–Crippen LogP) is 1.25. The monoisotopic (exact) mass is 427 g/mol. The van der Waals surface area contributed by atoms with E-state index in [-0.39, 0.29) is 16.9 Å². The van der Waals surface area contributed by atoms with Crippen molar-refractivity contribution in [1.29, 1.82) is 5.26 Å². The molecule has 0 aliphatic heterocycles. The fourth-order valence-corrected chi connectivity index (χ4v) is 3.82. The summed E-state index contributed by atoms with van der Waals surface area (Å²) in [7, 11) is -0.960. The minimum Gasteiger partial charge on any atom is -0.382 e. The number of nitriles is 1. The van der Waals surface area contributed by atoms with Gasteiger partial charge < -0.3 is 15.6 Å². The van der Waals surface area contributed by atoms with Crippen molar-refractivity contribution in [1.82, 2.24) is 19.2 Å². The average molecular weight is 428 g/mol. The Morgan fingerprint density at radius 2 is 2.17 bits per heavy atom. The molecular formula is C20H25N7O2S. The third-order valence-corrected chi connectivity index (χ3v) is 5.72. The van der Waals surface area contributed by atoms with Crippen LogP contribution in [0.5, 0.6) is 0 Å². The van der Waals surface area contributed by atoms with Crippen LogP contribution in [0.15, 0.2) is 23.1 Å². The number of rotatable bonds is 8. The molecule has 0 saturated carbocycles. The van der Waals surface area contributed by atoms with E-state index in [2.05, 4.69) is 21.5 Å². The van der Waals surface area contributed by atoms with Gasteiger partial charge in [0, 0.05) is 53.2 Å². The highest BCUT2D eigenvalue weighted by Crippen LogP contribution is 2.24. The van der Waals surface area contributed by atoms with Crippen molar-refractivity contribution < 1.29 is 4.21 Å². The molecule has 0 bridgehead atoms. The van der Waals surface area contributed by atoms with Crippen LogP contribution in [-0.4, -0.2) is 41.9 Å². The van der Waals surface area contributed by atoms with Crippen molar-refractivity contribution >= 4 is 28.1 Å².